The molecule has 4 heteroatoms. The lowest BCUT2D eigenvalue weighted by molar-refractivity contribution is -0.151. The maximum Gasteiger partial charge on any atom is 0.306 e. The van der Waals surface area contributed by atoms with Crippen molar-refractivity contribution in [3.05, 3.63) is 12.7 Å². The summed E-state index contributed by atoms with van der Waals surface area (Å²) in [4.78, 5) is 22.8. The first-order valence-electron chi connectivity index (χ1n) is 6.97. The first-order chi connectivity index (χ1) is 9.01. The van der Waals surface area contributed by atoms with Crippen LogP contribution < -0.4 is 0 Å². The maximum absolute atomic E-state index is 11.6. The van der Waals surface area contributed by atoms with Gasteiger partial charge in [-0.2, -0.15) is 0 Å². The Bertz CT molecular complexity index is 284. The lowest BCUT2D eigenvalue weighted by Crippen LogP contribution is -2.22. The third-order valence-electron chi connectivity index (χ3n) is 2.78. The van der Waals surface area contributed by atoms with Crippen LogP contribution in [0.3, 0.4) is 0 Å². The number of carbonyl (C=O) groups is 2. The summed E-state index contributed by atoms with van der Waals surface area (Å²) in [5.74, 6) is -0.192. The van der Waals surface area contributed by atoms with E-state index in [0.717, 1.165) is 6.42 Å². The monoisotopic (exact) mass is 270 g/mol. The molecular weight excluding hydrogens is 244 g/mol. The predicted octanol–water partition coefficient (Wildman–Crippen LogP) is 3.25. The lowest BCUT2D eigenvalue weighted by atomic mass is 10.1. The van der Waals surface area contributed by atoms with E-state index in [1.54, 1.807) is 6.08 Å². The van der Waals surface area contributed by atoms with Gasteiger partial charge in [0.05, 0.1) is 6.61 Å². The van der Waals surface area contributed by atoms with Crippen molar-refractivity contribution >= 4 is 11.9 Å². The fraction of sp³-hybridized carbons (Fsp3) is 0.733. The predicted molar refractivity (Wildman–Crippen MR) is 74.6 cm³/mol. The molecule has 0 aromatic rings. The number of hydrogen-bond donors (Lipinski definition) is 0. The molecule has 0 spiro atoms. The van der Waals surface area contributed by atoms with E-state index in [9.17, 15) is 9.59 Å². The number of carbonyl (C=O) groups excluding carboxylic acids is 2. The largest absolute Gasteiger partial charge is 0.465 e. The normalized spacial score (nSPS) is 12.0. The molecule has 0 aliphatic carbocycles. The topological polar surface area (TPSA) is 52.6 Å². The van der Waals surface area contributed by atoms with E-state index < -0.39 is 0 Å². The van der Waals surface area contributed by atoms with E-state index in [2.05, 4.69) is 6.58 Å². The highest BCUT2D eigenvalue weighted by atomic mass is 16.5. The zero-order valence-corrected chi connectivity index (χ0v) is 12.3. The highest BCUT2D eigenvalue weighted by molar-refractivity contribution is 5.72. The zero-order chi connectivity index (χ0) is 14.7. The maximum atomic E-state index is 11.6. The van der Waals surface area contributed by atoms with Gasteiger partial charge in [0.2, 0.25) is 0 Å². The van der Waals surface area contributed by atoms with E-state index >= 15 is 0 Å². The Morgan fingerprint density at radius 1 is 1.21 bits per heavy atom. The molecule has 0 aliphatic rings. The molecule has 4 nitrogen and oxygen atoms in total. The van der Waals surface area contributed by atoms with Crippen molar-refractivity contribution in [2.45, 2.75) is 59.0 Å². The summed E-state index contributed by atoms with van der Waals surface area (Å²) in [6.07, 6.45) is 4.12. The number of hydrogen-bond acceptors (Lipinski definition) is 4. The van der Waals surface area contributed by atoms with Crippen LogP contribution in [0.15, 0.2) is 12.7 Å². The first-order valence-corrected chi connectivity index (χ1v) is 6.97. The molecule has 0 aromatic heterocycles. The molecule has 0 N–H and O–H groups in total. The van der Waals surface area contributed by atoms with Gasteiger partial charge in [0, 0.05) is 12.8 Å². The van der Waals surface area contributed by atoms with Crippen LogP contribution >= 0.6 is 0 Å². The fourth-order valence-corrected chi connectivity index (χ4v) is 1.62. The SMILES string of the molecule is C=CCCOC(=O)CCCC(=O)OC(CC)C(C)C. The first kappa shape index (κ1) is 17.7. The third kappa shape index (κ3) is 9.28. The third-order valence-corrected chi connectivity index (χ3v) is 2.78. The van der Waals surface area contributed by atoms with E-state index in [4.69, 9.17) is 9.47 Å². The number of esters is 2. The van der Waals surface area contributed by atoms with Crippen molar-refractivity contribution in [1.82, 2.24) is 0 Å². The molecule has 0 aromatic carbocycles. The van der Waals surface area contributed by atoms with E-state index in [1.807, 2.05) is 20.8 Å². The Morgan fingerprint density at radius 3 is 2.37 bits per heavy atom. The zero-order valence-electron chi connectivity index (χ0n) is 12.3. The Kier molecular flexibility index (Phi) is 9.85. The lowest BCUT2D eigenvalue weighted by Gasteiger charge is -2.19. The van der Waals surface area contributed by atoms with Gasteiger partial charge in [0.1, 0.15) is 6.10 Å². The van der Waals surface area contributed by atoms with Gasteiger partial charge in [-0.05, 0) is 25.2 Å². The van der Waals surface area contributed by atoms with Gasteiger partial charge >= 0.3 is 11.9 Å². The molecule has 0 radical (unpaired) electrons. The molecule has 0 aliphatic heterocycles. The minimum atomic E-state index is -0.273. The molecule has 19 heavy (non-hydrogen) atoms. The Balaban J connectivity index is 3.73. The summed E-state index contributed by atoms with van der Waals surface area (Å²) in [6.45, 7) is 9.95. The van der Waals surface area contributed by atoms with Crippen LogP contribution in [0.4, 0.5) is 0 Å². The minimum absolute atomic E-state index is 0.0351. The van der Waals surface area contributed by atoms with Gasteiger partial charge in [-0.25, -0.2) is 0 Å². The summed E-state index contributed by atoms with van der Waals surface area (Å²) in [7, 11) is 0. The summed E-state index contributed by atoms with van der Waals surface area (Å²) >= 11 is 0. The van der Waals surface area contributed by atoms with E-state index in [-0.39, 0.29) is 30.9 Å². The molecule has 0 rings (SSSR count). The summed E-state index contributed by atoms with van der Waals surface area (Å²) in [5.41, 5.74) is 0. The average molecular weight is 270 g/mol. The Labute approximate surface area is 116 Å². The van der Waals surface area contributed by atoms with Gasteiger partial charge in [-0.15, -0.1) is 6.58 Å². The molecule has 1 unspecified atom stereocenters. The van der Waals surface area contributed by atoms with Crippen LogP contribution in [0.25, 0.3) is 0 Å². The van der Waals surface area contributed by atoms with Crippen LogP contribution in [0, 0.1) is 5.92 Å². The number of ether oxygens (including phenoxy) is 2. The molecular formula is C15H26O4. The summed E-state index contributed by atoms with van der Waals surface area (Å²) in [6, 6.07) is 0. The second kappa shape index (κ2) is 10.6. The standard InChI is InChI=1S/C15H26O4/c1-5-7-11-18-14(16)9-8-10-15(17)19-13(6-2)12(3)4/h5,12-13H,1,6-11H2,2-4H3. The highest BCUT2D eigenvalue weighted by Crippen LogP contribution is 2.12. The smallest absolute Gasteiger partial charge is 0.306 e. The second-order valence-corrected chi connectivity index (χ2v) is 4.83. The molecule has 0 amide bonds. The number of rotatable bonds is 10. The summed E-state index contributed by atoms with van der Waals surface area (Å²) < 4.78 is 10.3. The van der Waals surface area contributed by atoms with Crippen molar-refractivity contribution < 1.29 is 19.1 Å². The highest BCUT2D eigenvalue weighted by Gasteiger charge is 2.16. The molecule has 110 valence electrons. The van der Waals surface area contributed by atoms with Gasteiger partial charge in [-0.1, -0.05) is 26.8 Å². The van der Waals surface area contributed by atoms with Gasteiger partial charge < -0.3 is 9.47 Å². The van der Waals surface area contributed by atoms with Crippen molar-refractivity contribution in [2.75, 3.05) is 6.61 Å². The quantitative estimate of drug-likeness (QED) is 0.347. The van der Waals surface area contributed by atoms with E-state index in [0.29, 0.717) is 25.4 Å². The van der Waals surface area contributed by atoms with Gasteiger partial charge in [0.25, 0.3) is 0 Å². The molecule has 0 heterocycles. The second-order valence-electron chi connectivity index (χ2n) is 4.83. The minimum Gasteiger partial charge on any atom is -0.465 e. The molecule has 0 saturated carbocycles. The van der Waals surface area contributed by atoms with Crippen LogP contribution in [-0.2, 0) is 19.1 Å². The average Bonchev–Trinajstić information content (AvgIpc) is 2.36. The van der Waals surface area contributed by atoms with Crippen molar-refractivity contribution in [3.8, 4) is 0 Å². The summed E-state index contributed by atoms with van der Waals surface area (Å²) in [5, 5.41) is 0. The van der Waals surface area contributed by atoms with E-state index in [1.165, 1.54) is 0 Å². The van der Waals surface area contributed by atoms with Crippen molar-refractivity contribution in [1.29, 1.82) is 0 Å². The molecule has 0 saturated heterocycles. The molecule has 0 fully saturated rings. The molecule has 0 bridgehead atoms. The van der Waals surface area contributed by atoms with Crippen molar-refractivity contribution in [3.63, 3.8) is 0 Å². The Hall–Kier alpha value is -1.32. The van der Waals surface area contributed by atoms with Gasteiger partial charge in [-0.3, -0.25) is 9.59 Å². The fourth-order valence-electron chi connectivity index (χ4n) is 1.62. The van der Waals surface area contributed by atoms with Crippen LogP contribution in [-0.4, -0.2) is 24.6 Å². The van der Waals surface area contributed by atoms with Crippen LogP contribution in [0.2, 0.25) is 0 Å². The Morgan fingerprint density at radius 2 is 1.84 bits per heavy atom. The van der Waals surface area contributed by atoms with Gasteiger partial charge in [0.15, 0.2) is 0 Å². The van der Waals surface area contributed by atoms with Crippen LogP contribution in [0.5, 0.6) is 0 Å². The molecule has 1 atom stereocenters. The van der Waals surface area contributed by atoms with Crippen molar-refractivity contribution in [2.24, 2.45) is 5.92 Å². The van der Waals surface area contributed by atoms with Crippen LogP contribution in [0.1, 0.15) is 52.9 Å².